The van der Waals surface area contributed by atoms with Crippen molar-refractivity contribution in [2.45, 2.75) is 6.54 Å². The molecule has 0 amide bonds. The zero-order chi connectivity index (χ0) is 23.2. The van der Waals surface area contributed by atoms with Crippen LogP contribution in [-0.4, -0.2) is 41.7 Å². The number of ether oxygens (including phenoxy) is 3. The van der Waals surface area contributed by atoms with Crippen molar-refractivity contribution < 1.29 is 24.1 Å². The van der Waals surface area contributed by atoms with Crippen molar-refractivity contribution in [2.75, 3.05) is 20.8 Å². The Balaban J connectivity index is 1.84. The lowest BCUT2D eigenvalue weighted by atomic mass is 10.1. The molecule has 168 valence electrons. The van der Waals surface area contributed by atoms with Gasteiger partial charge in [0.05, 0.1) is 32.2 Å². The fraction of sp³-hybridized carbons (Fsp3) is 0.154. The maximum Gasteiger partial charge on any atom is 0.341 e. The Labute approximate surface area is 191 Å². The monoisotopic (exact) mass is 444 g/mol. The highest BCUT2D eigenvalue weighted by Crippen LogP contribution is 2.37. The average Bonchev–Trinajstić information content (AvgIpc) is 3.26. The fourth-order valence-electron chi connectivity index (χ4n) is 3.60. The van der Waals surface area contributed by atoms with Crippen LogP contribution in [0.3, 0.4) is 0 Å². The van der Waals surface area contributed by atoms with E-state index in [1.165, 1.54) is 0 Å². The number of aromatic nitrogens is 2. The molecule has 4 rings (SSSR count). The number of nitrogens with zero attached hydrogens (tertiary/aromatic N) is 2. The number of benzene rings is 3. The van der Waals surface area contributed by atoms with E-state index in [9.17, 15) is 4.79 Å². The van der Waals surface area contributed by atoms with Gasteiger partial charge >= 0.3 is 5.97 Å². The molecule has 0 aliphatic rings. The number of carbonyl (C=O) groups is 1. The van der Waals surface area contributed by atoms with Crippen LogP contribution < -0.4 is 14.2 Å². The molecule has 0 aliphatic carbocycles. The van der Waals surface area contributed by atoms with Crippen LogP contribution in [-0.2, 0) is 11.3 Å². The van der Waals surface area contributed by atoms with E-state index in [0.29, 0.717) is 29.3 Å². The van der Waals surface area contributed by atoms with Gasteiger partial charge in [-0.3, -0.25) is 4.68 Å². The number of carboxylic acid groups (broad SMARTS) is 1. The van der Waals surface area contributed by atoms with Crippen LogP contribution in [0.25, 0.3) is 22.5 Å². The van der Waals surface area contributed by atoms with Gasteiger partial charge in [0, 0.05) is 17.2 Å². The molecular formula is C26H24N2O5. The molecular weight excluding hydrogens is 420 g/mol. The van der Waals surface area contributed by atoms with Gasteiger partial charge in [0.2, 0.25) is 0 Å². The largest absolute Gasteiger partial charge is 0.497 e. The number of para-hydroxylation sites is 1. The first-order valence-electron chi connectivity index (χ1n) is 10.4. The predicted octanol–water partition coefficient (Wildman–Crippen LogP) is 4.75. The SMILES string of the molecule is COc1ccc(-c2cc(-c3ccccc3OC)n(Cc3ccccc3)n2)c(OCC(=O)O)c1. The highest BCUT2D eigenvalue weighted by molar-refractivity contribution is 5.76. The molecule has 0 saturated carbocycles. The van der Waals surface area contributed by atoms with Gasteiger partial charge in [-0.2, -0.15) is 5.10 Å². The Bertz CT molecular complexity index is 1250. The highest BCUT2D eigenvalue weighted by atomic mass is 16.5. The Hall–Kier alpha value is -4.26. The molecule has 7 nitrogen and oxygen atoms in total. The third-order valence-electron chi connectivity index (χ3n) is 5.15. The number of aliphatic carboxylic acids is 1. The van der Waals surface area contributed by atoms with E-state index in [4.69, 9.17) is 24.4 Å². The van der Waals surface area contributed by atoms with Crippen molar-refractivity contribution in [3.05, 3.63) is 84.4 Å². The number of hydrogen-bond acceptors (Lipinski definition) is 5. The van der Waals surface area contributed by atoms with Crippen molar-refractivity contribution in [1.29, 1.82) is 0 Å². The summed E-state index contributed by atoms with van der Waals surface area (Å²) in [6.45, 7) is 0.0833. The average molecular weight is 444 g/mol. The van der Waals surface area contributed by atoms with E-state index >= 15 is 0 Å². The van der Waals surface area contributed by atoms with Gasteiger partial charge < -0.3 is 19.3 Å². The topological polar surface area (TPSA) is 82.8 Å². The standard InChI is InChI=1S/C26H24N2O5/c1-31-19-12-13-20(25(14-19)33-17-26(29)30)22-15-23(21-10-6-7-11-24(21)32-2)28(27-22)16-18-8-4-3-5-9-18/h3-15H,16-17H2,1-2H3,(H,29,30). The van der Waals surface area contributed by atoms with Gasteiger partial charge in [0.15, 0.2) is 6.61 Å². The molecule has 1 heterocycles. The maximum atomic E-state index is 11.1. The fourth-order valence-corrected chi connectivity index (χ4v) is 3.60. The summed E-state index contributed by atoms with van der Waals surface area (Å²) in [5.74, 6) is 0.615. The van der Waals surface area contributed by atoms with Crippen molar-refractivity contribution >= 4 is 5.97 Å². The van der Waals surface area contributed by atoms with Gasteiger partial charge in [0.25, 0.3) is 0 Å². The maximum absolute atomic E-state index is 11.1. The molecule has 0 aliphatic heterocycles. The lowest BCUT2D eigenvalue weighted by Gasteiger charge is -2.11. The van der Waals surface area contributed by atoms with Crippen LogP contribution in [0.15, 0.2) is 78.9 Å². The minimum atomic E-state index is -1.06. The molecule has 1 aromatic heterocycles. The smallest absolute Gasteiger partial charge is 0.341 e. The first kappa shape index (κ1) is 22.0. The van der Waals surface area contributed by atoms with Crippen molar-refractivity contribution in [2.24, 2.45) is 0 Å². The Morgan fingerprint density at radius 3 is 2.36 bits per heavy atom. The Morgan fingerprint density at radius 2 is 1.64 bits per heavy atom. The molecule has 7 heteroatoms. The lowest BCUT2D eigenvalue weighted by molar-refractivity contribution is -0.139. The second-order valence-electron chi connectivity index (χ2n) is 7.30. The molecule has 33 heavy (non-hydrogen) atoms. The van der Waals surface area contributed by atoms with E-state index in [1.807, 2.05) is 71.4 Å². The second-order valence-corrected chi connectivity index (χ2v) is 7.30. The number of rotatable bonds is 9. The Morgan fingerprint density at radius 1 is 0.879 bits per heavy atom. The van der Waals surface area contributed by atoms with E-state index in [-0.39, 0.29) is 0 Å². The molecule has 0 saturated heterocycles. The number of hydrogen-bond donors (Lipinski definition) is 1. The van der Waals surface area contributed by atoms with Crippen LogP contribution in [0.2, 0.25) is 0 Å². The molecule has 0 bridgehead atoms. The van der Waals surface area contributed by atoms with Crippen LogP contribution in [0.1, 0.15) is 5.56 Å². The van der Waals surface area contributed by atoms with E-state index in [2.05, 4.69) is 0 Å². The van der Waals surface area contributed by atoms with Gasteiger partial charge in [-0.1, -0.05) is 42.5 Å². The molecule has 1 N–H and O–H groups in total. The Kier molecular flexibility index (Phi) is 6.59. The summed E-state index contributed by atoms with van der Waals surface area (Å²) in [5.41, 5.74) is 4.18. The van der Waals surface area contributed by atoms with Gasteiger partial charge in [-0.25, -0.2) is 4.79 Å². The summed E-state index contributed by atoms with van der Waals surface area (Å²) in [7, 11) is 3.18. The predicted molar refractivity (Wildman–Crippen MR) is 125 cm³/mol. The zero-order valence-electron chi connectivity index (χ0n) is 18.4. The second kappa shape index (κ2) is 9.91. The van der Waals surface area contributed by atoms with E-state index in [0.717, 1.165) is 22.6 Å². The van der Waals surface area contributed by atoms with Crippen LogP contribution >= 0.6 is 0 Å². The third-order valence-corrected chi connectivity index (χ3v) is 5.15. The minimum Gasteiger partial charge on any atom is -0.497 e. The number of carboxylic acids is 1. The van der Waals surface area contributed by atoms with Crippen molar-refractivity contribution in [1.82, 2.24) is 9.78 Å². The summed E-state index contributed by atoms with van der Waals surface area (Å²) in [4.78, 5) is 11.1. The van der Waals surface area contributed by atoms with Gasteiger partial charge in [-0.15, -0.1) is 0 Å². The van der Waals surface area contributed by atoms with Gasteiger partial charge in [-0.05, 0) is 35.9 Å². The molecule has 0 unspecified atom stereocenters. The summed E-state index contributed by atoms with van der Waals surface area (Å²) in [6.07, 6.45) is 0. The van der Waals surface area contributed by atoms with Gasteiger partial charge in [0.1, 0.15) is 17.2 Å². The summed E-state index contributed by atoms with van der Waals surface area (Å²) in [6, 6.07) is 25.0. The molecule has 3 aromatic carbocycles. The van der Waals surface area contributed by atoms with Crippen molar-refractivity contribution in [3.8, 4) is 39.8 Å². The molecule has 0 fully saturated rings. The first-order chi connectivity index (χ1) is 16.1. The van der Waals surface area contributed by atoms with Crippen LogP contribution in [0.5, 0.6) is 17.2 Å². The number of methoxy groups -OCH3 is 2. The van der Waals surface area contributed by atoms with E-state index in [1.54, 1.807) is 26.4 Å². The third kappa shape index (κ3) is 4.98. The zero-order valence-corrected chi connectivity index (χ0v) is 18.4. The van der Waals surface area contributed by atoms with Crippen LogP contribution in [0, 0.1) is 0 Å². The summed E-state index contributed by atoms with van der Waals surface area (Å²) >= 11 is 0. The first-order valence-corrected chi connectivity index (χ1v) is 10.4. The van der Waals surface area contributed by atoms with Crippen LogP contribution in [0.4, 0.5) is 0 Å². The molecule has 0 atom stereocenters. The summed E-state index contributed by atoms with van der Waals surface area (Å²) in [5, 5.41) is 14.0. The minimum absolute atomic E-state index is 0.382. The normalized spacial score (nSPS) is 10.6. The molecule has 0 radical (unpaired) electrons. The lowest BCUT2D eigenvalue weighted by Crippen LogP contribution is -2.10. The molecule has 0 spiro atoms. The quantitative estimate of drug-likeness (QED) is 0.401. The van der Waals surface area contributed by atoms with E-state index < -0.39 is 12.6 Å². The van der Waals surface area contributed by atoms with Crippen molar-refractivity contribution in [3.63, 3.8) is 0 Å². The molecule has 4 aromatic rings. The summed E-state index contributed by atoms with van der Waals surface area (Å²) < 4.78 is 18.4. The highest BCUT2D eigenvalue weighted by Gasteiger charge is 2.18.